The number of aliphatic hydroxyl groups is 1. The average molecular weight is 314 g/mol. The molecule has 0 aliphatic heterocycles. The Morgan fingerprint density at radius 2 is 2.05 bits per heavy atom. The van der Waals surface area contributed by atoms with Gasteiger partial charge < -0.3 is 10.4 Å². The molecule has 3 nitrogen and oxygen atoms in total. The number of rotatable bonds is 4. The maximum absolute atomic E-state index is 12.0. The molecule has 2 aliphatic rings. The minimum atomic E-state index is -0.803. The largest absolute Gasteiger partial charge is 0.387 e. The molecule has 2 N–H and O–H groups in total. The van der Waals surface area contributed by atoms with Crippen molar-refractivity contribution in [3.05, 3.63) is 33.8 Å². The first-order valence-electron chi connectivity index (χ1n) is 6.98. The van der Waals surface area contributed by atoms with E-state index < -0.39 is 6.10 Å². The van der Waals surface area contributed by atoms with E-state index in [-0.39, 0.29) is 18.4 Å². The summed E-state index contributed by atoms with van der Waals surface area (Å²) in [6, 6.07) is 4.96. The molecule has 0 spiro atoms. The van der Waals surface area contributed by atoms with Gasteiger partial charge in [0.25, 0.3) is 0 Å². The van der Waals surface area contributed by atoms with Crippen LogP contribution in [0.25, 0.3) is 0 Å². The van der Waals surface area contributed by atoms with E-state index in [4.69, 9.17) is 23.2 Å². The Bertz CT molecular complexity index is 525. The molecular formula is C15H17Cl2NO2. The number of aliphatic hydroxyl groups excluding tert-OH is 1. The van der Waals surface area contributed by atoms with E-state index in [0.717, 1.165) is 0 Å². The quantitative estimate of drug-likeness (QED) is 0.897. The monoisotopic (exact) mass is 313 g/mol. The summed E-state index contributed by atoms with van der Waals surface area (Å²) >= 11 is 11.9. The van der Waals surface area contributed by atoms with Gasteiger partial charge in [-0.3, -0.25) is 4.79 Å². The molecule has 108 valence electrons. The van der Waals surface area contributed by atoms with Crippen LogP contribution >= 0.6 is 23.2 Å². The number of carbonyl (C=O) groups excluding carboxylic acids is 1. The lowest BCUT2D eigenvalue weighted by Crippen LogP contribution is -2.30. The zero-order chi connectivity index (χ0) is 14.3. The Morgan fingerprint density at radius 1 is 1.35 bits per heavy atom. The molecule has 0 heterocycles. The van der Waals surface area contributed by atoms with Crippen molar-refractivity contribution in [1.29, 1.82) is 0 Å². The lowest BCUT2D eigenvalue weighted by molar-refractivity contribution is -0.123. The average Bonchev–Trinajstić information content (AvgIpc) is 2.89. The Kier molecular flexibility index (Phi) is 3.93. The smallest absolute Gasteiger partial charge is 0.223 e. The number of nitrogens with one attached hydrogen (secondary N) is 1. The Morgan fingerprint density at radius 3 is 2.70 bits per heavy atom. The summed E-state index contributed by atoms with van der Waals surface area (Å²) in [4.78, 5) is 12.0. The molecule has 0 radical (unpaired) electrons. The summed E-state index contributed by atoms with van der Waals surface area (Å²) in [6.07, 6.45) is 2.80. The fourth-order valence-electron chi connectivity index (χ4n) is 3.41. The molecule has 0 unspecified atom stereocenters. The van der Waals surface area contributed by atoms with Crippen LogP contribution in [0.5, 0.6) is 0 Å². The van der Waals surface area contributed by atoms with Crippen LogP contribution < -0.4 is 5.32 Å². The molecule has 2 fully saturated rings. The molecule has 1 aromatic carbocycles. The third-order valence-electron chi connectivity index (χ3n) is 4.50. The molecular weight excluding hydrogens is 297 g/mol. The highest BCUT2D eigenvalue weighted by atomic mass is 35.5. The van der Waals surface area contributed by atoms with Crippen molar-refractivity contribution in [1.82, 2.24) is 5.32 Å². The minimum absolute atomic E-state index is 0.0730. The zero-order valence-electron chi connectivity index (χ0n) is 11.0. The van der Waals surface area contributed by atoms with Crippen molar-refractivity contribution in [2.75, 3.05) is 6.54 Å². The van der Waals surface area contributed by atoms with Crippen LogP contribution in [0, 0.1) is 17.8 Å². The van der Waals surface area contributed by atoms with Crippen molar-refractivity contribution in [3.8, 4) is 0 Å². The van der Waals surface area contributed by atoms with Gasteiger partial charge in [-0.05, 0) is 36.8 Å². The highest BCUT2D eigenvalue weighted by Gasteiger charge is 2.56. The molecule has 0 saturated heterocycles. The van der Waals surface area contributed by atoms with Crippen molar-refractivity contribution in [2.24, 2.45) is 17.8 Å². The summed E-state index contributed by atoms with van der Waals surface area (Å²) in [5.41, 5.74) is 0.590. The maximum atomic E-state index is 12.0. The molecule has 0 aromatic heterocycles. The minimum Gasteiger partial charge on any atom is -0.387 e. The molecule has 20 heavy (non-hydrogen) atoms. The topological polar surface area (TPSA) is 49.3 Å². The van der Waals surface area contributed by atoms with E-state index in [0.29, 0.717) is 27.4 Å². The number of hydrogen-bond donors (Lipinski definition) is 2. The SMILES string of the molecule is O=C(NC[C@H](O)c1ccc(Cl)cc1Cl)C1[C@H]2CCC[C@H]12. The molecule has 1 aromatic rings. The van der Waals surface area contributed by atoms with E-state index in [9.17, 15) is 9.90 Å². The van der Waals surface area contributed by atoms with E-state index >= 15 is 0 Å². The van der Waals surface area contributed by atoms with Gasteiger partial charge in [0.05, 0.1) is 6.10 Å². The fraction of sp³-hybridized carbons (Fsp3) is 0.533. The van der Waals surface area contributed by atoms with Crippen molar-refractivity contribution >= 4 is 29.1 Å². The number of amides is 1. The first kappa shape index (κ1) is 14.2. The van der Waals surface area contributed by atoms with Crippen LogP contribution in [0.4, 0.5) is 0 Å². The maximum Gasteiger partial charge on any atom is 0.223 e. The van der Waals surface area contributed by atoms with E-state index in [1.807, 2.05) is 0 Å². The van der Waals surface area contributed by atoms with Gasteiger partial charge in [-0.25, -0.2) is 0 Å². The summed E-state index contributed by atoms with van der Waals surface area (Å²) < 4.78 is 0. The molecule has 2 saturated carbocycles. The predicted octanol–water partition coefficient (Wildman–Crippen LogP) is 3.19. The van der Waals surface area contributed by atoms with Crippen LogP contribution in [-0.2, 0) is 4.79 Å². The summed E-state index contributed by atoms with van der Waals surface area (Å²) in [5, 5.41) is 13.9. The summed E-state index contributed by atoms with van der Waals surface area (Å²) in [5.74, 6) is 1.43. The number of fused-ring (bicyclic) bond motifs is 1. The van der Waals surface area contributed by atoms with E-state index in [1.54, 1.807) is 18.2 Å². The molecule has 1 amide bonds. The highest BCUT2D eigenvalue weighted by Crippen LogP contribution is 2.57. The molecule has 0 bridgehead atoms. The second kappa shape index (κ2) is 5.55. The number of benzene rings is 1. The number of hydrogen-bond acceptors (Lipinski definition) is 2. The third kappa shape index (κ3) is 2.67. The van der Waals surface area contributed by atoms with Crippen LogP contribution in [0.15, 0.2) is 18.2 Å². The summed E-state index contributed by atoms with van der Waals surface area (Å²) in [7, 11) is 0. The van der Waals surface area contributed by atoms with Gasteiger partial charge in [-0.15, -0.1) is 0 Å². The van der Waals surface area contributed by atoms with Gasteiger partial charge >= 0.3 is 0 Å². The first-order chi connectivity index (χ1) is 9.58. The first-order valence-corrected chi connectivity index (χ1v) is 7.74. The van der Waals surface area contributed by atoms with Crippen molar-refractivity contribution < 1.29 is 9.90 Å². The fourth-order valence-corrected chi connectivity index (χ4v) is 3.94. The van der Waals surface area contributed by atoms with Crippen LogP contribution in [0.2, 0.25) is 10.0 Å². The summed E-state index contributed by atoms with van der Waals surface area (Å²) in [6.45, 7) is 0.191. The third-order valence-corrected chi connectivity index (χ3v) is 5.06. The van der Waals surface area contributed by atoms with Crippen LogP contribution in [0.1, 0.15) is 30.9 Å². The van der Waals surface area contributed by atoms with Crippen molar-refractivity contribution in [3.63, 3.8) is 0 Å². The lowest BCUT2D eigenvalue weighted by Gasteiger charge is -2.14. The van der Waals surface area contributed by atoms with Gasteiger partial charge in [0, 0.05) is 28.1 Å². The Hall–Kier alpha value is -0.770. The van der Waals surface area contributed by atoms with Gasteiger partial charge in [0.2, 0.25) is 5.91 Å². The van der Waals surface area contributed by atoms with Gasteiger partial charge in [0.15, 0.2) is 0 Å². The zero-order valence-corrected chi connectivity index (χ0v) is 12.5. The normalized spacial score (nSPS) is 28.9. The molecule has 5 heteroatoms. The van der Waals surface area contributed by atoms with Crippen LogP contribution in [-0.4, -0.2) is 17.6 Å². The second-order valence-corrected chi connectivity index (χ2v) is 6.55. The molecule has 3 rings (SSSR count). The van der Waals surface area contributed by atoms with Gasteiger partial charge in [0.1, 0.15) is 0 Å². The lowest BCUT2D eigenvalue weighted by atomic mass is 10.1. The van der Waals surface area contributed by atoms with Gasteiger partial charge in [-0.1, -0.05) is 35.7 Å². The number of carbonyl (C=O) groups is 1. The van der Waals surface area contributed by atoms with E-state index in [2.05, 4.69) is 5.32 Å². The van der Waals surface area contributed by atoms with Gasteiger partial charge in [-0.2, -0.15) is 0 Å². The predicted molar refractivity (Wildman–Crippen MR) is 78.8 cm³/mol. The van der Waals surface area contributed by atoms with Crippen LogP contribution in [0.3, 0.4) is 0 Å². The Labute approximate surface area is 128 Å². The van der Waals surface area contributed by atoms with E-state index in [1.165, 1.54) is 19.3 Å². The number of halogens is 2. The molecule has 2 aliphatic carbocycles. The molecule has 3 atom stereocenters. The standard InChI is InChI=1S/C15H17Cl2NO2/c16-8-4-5-11(12(17)6-8)13(19)7-18-15(20)14-9-2-1-3-10(9)14/h4-6,9-10,13-14,19H,1-3,7H2,(H,18,20)/t9-,10-,13-/m0/s1. The van der Waals surface area contributed by atoms with Crippen molar-refractivity contribution in [2.45, 2.75) is 25.4 Å². The Balaban J connectivity index is 1.54. The highest BCUT2D eigenvalue weighted by molar-refractivity contribution is 6.35. The second-order valence-electron chi connectivity index (χ2n) is 5.71.